The largest absolute Gasteiger partial charge is 0.325 e. The van der Waals surface area contributed by atoms with E-state index in [1.807, 2.05) is 33.8 Å². The molecule has 0 saturated carbocycles. The molecule has 1 N–H and O–H groups in total. The molecule has 1 amide bonds. The molecule has 0 fully saturated rings. The van der Waals surface area contributed by atoms with E-state index in [1.54, 1.807) is 16.8 Å². The number of aryl methyl sites for hydroxylation is 1. The average molecular weight is 340 g/mol. The lowest BCUT2D eigenvalue weighted by atomic mass is 10.2. The summed E-state index contributed by atoms with van der Waals surface area (Å²) < 4.78 is 1.69. The molecule has 1 atom stereocenters. The van der Waals surface area contributed by atoms with Crippen LogP contribution in [0.15, 0.2) is 23.4 Å². The highest BCUT2D eigenvalue weighted by molar-refractivity contribution is 8.00. The third-order valence-electron chi connectivity index (χ3n) is 3.06. The number of carbonyl (C=O) groups is 1. The summed E-state index contributed by atoms with van der Waals surface area (Å²) in [6.07, 6.45) is 0. The van der Waals surface area contributed by atoms with Crippen molar-refractivity contribution in [1.29, 1.82) is 0 Å². The van der Waals surface area contributed by atoms with Gasteiger partial charge in [0, 0.05) is 10.7 Å². The smallest absolute Gasteiger partial charge is 0.237 e. The van der Waals surface area contributed by atoms with Crippen LogP contribution in [0.4, 0.5) is 5.69 Å². The van der Waals surface area contributed by atoms with E-state index in [-0.39, 0.29) is 17.2 Å². The van der Waals surface area contributed by atoms with Gasteiger partial charge in [0.15, 0.2) is 0 Å². The van der Waals surface area contributed by atoms with Gasteiger partial charge in [-0.1, -0.05) is 29.4 Å². The lowest BCUT2D eigenvalue weighted by molar-refractivity contribution is -0.115. The first-order valence-electron chi connectivity index (χ1n) is 6.90. The van der Waals surface area contributed by atoms with Crippen molar-refractivity contribution in [3.05, 3.63) is 28.8 Å². The lowest BCUT2D eigenvalue weighted by Crippen LogP contribution is -2.23. The standard InChI is InChI=1S/C14H18ClN5OS/c1-8(2)20-14(17-18-19-20)22-10(4)13(21)16-12-7-11(15)6-5-9(12)3/h5-8,10H,1-4H3,(H,16,21). The molecule has 6 nitrogen and oxygen atoms in total. The van der Waals surface area contributed by atoms with Crippen molar-refractivity contribution >= 4 is 35.0 Å². The number of amides is 1. The van der Waals surface area contributed by atoms with Gasteiger partial charge in [0.1, 0.15) is 0 Å². The van der Waals surface area contributed by atoms with Crippen LogP contribution in [0.25, 0.3) is 0 Å². The maximum atomic E-state index is 12.3. The number of hydrogen-bond acceptors (Lipinski definition) is 5. The molecule has 1 aromatic carbocycles. The number of benzene rings is 1. The second kappa shape index (κ2) is 7.11. The maximum absolute atomic E-state index is 12.3. The number of nitrogens with one attached hydrogen (secondary N) is 1. The molecule has 2 rings (SSSR count). The Morgan fingerprint density at radius 3 is 2.77 bits per heavy atom. The predicted octanol–water partition coefficient (Wildman–Crippen LogP) is 3.34. The van der Waals surface area contributed by atoms with Crippen molar-refractivity contribution in [3.8, 4) is 0 Å². The van der Waals surface area contributed by atoms with Gasteiger partial charge in [0.2, 0.25) is 11.1 Å². The Hall–Kier alpha value is -1.60. The normalized spacial score (nSPS) is 12.5. The van der Waals surface area contributed by atoms with Gasteiger partial charge in [-0.2, -0.15) is 0 Å². The van der Waals surface area contributed by atoms with E-state index in [4.69, 9.17) is 11.6 Å². The molecular weight excluding hydrogens is 322 g/mol. The molecule has 118 valence electrons. The number of rotatable bonds is 5. The molecule has 1 aromatic heterocycles. The van der Waals surface area contributed by atoms with Gasteiger partial charge in [0.25, 0.3) is 0 Å². The number of tetrazole rings is 1. The quantitative estimate of drug-likeness (QED) is 0.846. The second-order valence-corrected chi connectivity index (χ2v) is 6.95. The SMILES string of the molecule is Cc1ccc(Cl)cc1NC(=O)C(C)Sc1nnnn1C(C)C. The number of anilines is 1. The molecule has 22 heavy (non-hydrogen) atoms. The average Bonchev–Trinajstić information content (AvgIpc) is 2.91. The highest BCUT2D eigenvalue weighted by Gasteiger charge is 2.20. The Balaban J connectivity index is 2.06. The van der Waals surface area contributed by atoms with Gasteiger partial charge in [-0.15, -0.1) is 5.10 Å². The van der Waals surface area contributed by atoms with Crippen molar-refractivity contribution in [2.75, 3.05) is 5.32 Å². The second-order valence-electron chi connectivity index (χ2n) is 5.21. The molecule has 2 aromatic rings. The van der Waals surface area contributed by atoms with Gasteiger partial charge in [-0.25, -0.2) is 4.68 Å². The van der Waals surface area contributed by atoms with Crippen LogP contribution in [0, 0.1) is 6.92 Å². The first-order chi connectivity index (χ1) is 10.4. The van der Waals surface area contributed by atoms with E-state index in [9.17, 15) is 4.79 Å². The van der Waals surface area contributed by atoms with Crippen molar-refractivity contribution in [3.63, 3.8) is 0 Å². The van der Waals surface area contributed by atoms with Crippen LogP contribution in [-0.4, -0.2) is 31.4 Å². The first-order valence-corrected chi connectivity index (χ1v) is 8.15. The summed E-state index contributed by atoms with van der Waals surface area (Å²) in [5, 5.41) is 15.3. The van der Waals surface area contributed by atoms with Crippen molar-refractivity contribution < 1.29 is 4.79 Å². The molecule has 8 heteroatoms. The van der Waals surface area contributed by atoms with Gasteiger partial charge < -0.3 is 5.32 Å². The van der Waals surface area contributed by atoms with Crippen LogP contribution in [0.5, 0.6) is 0 Å². The van der Waals surface area contributed by atoms with E-state index >= 15 is 0 Å². The topological polar surface area (TPSA) is 72.7 Å². The van der Waals surface area contributed by atoms with Crippen molar-refractivity contribution in [2.45, 2.75) is 44.1 Å². The van der Waals surface area contributed by atoms with Gasteiger partial charge in [0.05, 0.1) is 11.3 Å². The van der Waals surface area contributed by atoms with Gasteiger partial charge in [-0.05, 0) is 55.8 Å². The van der Waals surface area contributed by atoms with E-state index in [1.165, 1.54) is 11.8 Å². The van der Waals surface area contributed by atoms with Gasteiger partial charge >= 0.3 is 0 Å². The number of nitrogens with zero attached hydrogens (tertiary/aromatic N) is 4. The summed E-state index contributed by atoms with van der Waals surface area (Å²) in [6.45, 7) is 7.71. The number of carbonyl (C=O) groups excluding carboxylic acids is 1. The maximum Gasteiger partial charge on any atom is 0.237 e. The Morgan fingerprint density at radius 1 is 1.36 bits per heavy atom. The summed E-state index contributed by atoms with van der Waals surface area (Å²) in [6, 6.07) is 5.55. The summed E-state index contributed by atoms with van der Waals surface area (Å²) >= 11 is 7.29. The van der Waals surface area contributed by atoms with Crippen molar-refractivity contribution in [1.82, 2.24) is 20.2 Å². The van der Waals surface area contributed by atoms with Crippen LogP contribution < -0.4 is 5.32 Å². The lowest BCUT2D eigenvalue weighted by Gasteiger charge is -2.14. The van der Waals surface area contributed by atoms with E-state index < -0.39 is 0 Å². The predicted molar refractivity (Wildman–Crippen MR) is 88.3 cm³/mol. The summed E-state index contributed by atoms with van der Waals surface area (Å²) in [5.41, 5.74) is 1.68. The van der Waals surface area contributed by atoms with E-state index in [0.717, 1.165) is 5.56 Å². The molecule has 0 radical (unpaired) electrons. The highest BCUT2D eigenvalue weighted by atomic mass is 35.5. The summed E-state index contributed by atoms with van der Waals surface area (Å²) in [5.74, 6) is -0.117. The minimum absolute atomic E-state index is 0.117. The zero-order valence-electron chi connectivity index (χ0n) is 12.9. The first kappa shape index (κ1) is 16.8. The molecule has 0 aliphatic heterocycles. The highest BCUT2D eigenvalue weighted by Crippen LogP contribution is 2.25. The molecule has 1 heterocycles. The zero-order chi connectivity index (χ0) is 16.3. The fraction of sp³-hybridized carbons (Fsp3) is 0.429. The van der Waals surface area contributed by atoms with E-state index in [2.05, 4.69) is 20.8 Å². The third-order valence-corrected chi connectivity index (χ3v) is 4.34. The van der Waals surface area contributed by atoms with Crippen LogP contribution in [0.3, 0.4) is 0 Å². The Morgan fingerprint density at radius 2 is 2.09 bits per heavy atom. The Kier molecular flexibility index (Phi) is 5.42. The van der Waals surface area contributed by atoms with Crippen LogP contribution in [0.1, 0.15) is 32.4 Å². The number of thioether (sulfide) groups is 1. The molecule has 0 spiro atoms. The Labute approximate surface area is 138 Å². The number of halogens is 1. The van der Waals surface area contributed by atoms with Gasteiger partial charge in [-0.3, -0.25) is 4.79 Å². The minimum Gasteiger partial charge on any atom is -0.325 e. The van der Waals surface area contributed by atoms with Crippen LogP contribution in [0.2, 0.25) is 5.02 Å². The molecule has 0 aliphatic rings. The minimum atomic E-state index is -0.332. The Bertz CT molecular complexity index is 673. The molecule has 1 unspecified atom stereocenters. The molecular formula is C14H18ClN5OS. The monoisotopic (exact) mass is 339 g/mol. The van der Waals surface area contributed by atoms with Crippen molar-refractivity contribution in [2.24, 2.45) is 0 Å². The summed E-state index contributed by atoms with van der Waals surface area (Å²) in [4.78, 5) is 12.3. The molecule has 0 saturated heterocycles. The molecule has 0 bridgehead atoms. The zero-order valence-corrected chi connectivity index (χ0v) is 14.4. The van der Waals surface area contributed by atoms with Crippen LogP contribution in [-0.2, 0) is 4.79 Å². The van der Waals surface area contributed by atoms with E-state index in [0.29, 0.717) is 15.9 Å². The number of hydrogen-bond donors (Lipinski definition) is 1. The number of aromatic nitrogens is 4. The van der Waals surface area contributed by atoms with Crippen LogP contribution >= 0.6 is 23.4 Å². The summed E-state index contributed by atoms with van der Waals surface area (Å²) in [7, 11) is 0. The fourth-order valence-corrected chi connectivity index (χ4v) is 2.86. The fourth-order valence-electron chi connectivity index (χ4n) is 1.76. The third kappa shape index (κ3) is 3.98. The molecule has 0 aliphatic carbocycles.